The summed E-state index contributed by atoms with van der Waals surface area (Å²) in [5.74, 6) is 0. The summed E-state index contributed by atoms with van der Waals surface area (Å²) in [7, 11) is 0. The fourth-order valence-electron chi connectivity index (χ4n) is 5.45. The number of hydrogen-bond donors (Lipinski definition) is 0. The van der Waals surface area contributed by atoms with E-state index in [1.165, 1.54) is 25.9 Å². The Morgan fingerprint density at radius 2 is 1.85 bits per heavy atom. The van der Waals surface area contributed by atoms with Crippen molar-refractivity contribution < 1.29 is 4.74 Å². The highest BCUT2D eigenvalue weighted by atomic mass is 16.5. The van der Waals surface area contributed by atoms with Crippen LogP contribution in [0.3, 0.4) is 0 Å². The number of hydrogen-bond acceptors (Lipinski definition) is 5. The van der Waals surface area contributed by atoms with E-state index in [0.717, 1.165) is 61.6 Å². The normalized spacial score (nSPS) is 26.4. The molecule has 0 aliphatic carbocycles. The van der Waals surface area contributed by atoms with E-state index in [1.54, 1.807) is 0 Å². The maximum absolute atomic E-state index is 5.75. The molecule has 4 heterocycles. The molecule has 0 bridgehead atoms. The Bertz CT molecular complexity index is 802. The van der Waals surface area contributed by atoms with Crippen molar-refractivity contribution in [2.24, 2.45) is 0 Å². The summed E-state index contributed by atoms with van der Waals surface area (Å²) >= 11 is 0. The first-order valence-corrected chi connectivity index (χ1v) is 10.1. The van der Waals surface area contributed by atoms with E-state index in [4.69, 9.17) is 14.7 Å². The Morgan fingerprint density at radius 3 is 2.65 bits per heavy atom. The van der Waals surface area contributed by atoms with Crippen molar-refractivity contribution in [3.8, 4) is 0 Å². The van der Waals surface area contributed by atoms with Crippen LogP contribution in [0.2, 0.25) is 0 Å². The number of nitrogens with zero attached hydrogens (tertiary/aromatic N) is 4. The largest absolute Gasteiger partial charge is 0.381 e. The Labute approximate surface area is 155 Å². The zero-order chi connectivity index (χ0) is 17.6. The van der Waals surface area contributed by atoms with Gasteiger partial charge in [0.1, 0.15) is 0 Å². The fraction of sp³-hybridized carbons (Fsp3) is 0.619. The Balaban J connectivity index is 1.49. The van der Waals surface area contributed by atoms with E-state index in [2.05, 4.69) is 28.9 Å². The van der Waals surface area contributed by atoms with Crippen molar-refractivity contribution in [2.75, 3.05) is 32.8 Å². The van der Waals surface area contributed by atoms with Gasteiger partial charge in [0.05, 0.1) is 22.4 Å². The first-order chi connectivity index (χ1) is 12.8. The number of aryl methyl sites for hydroxylation is 1. The molecule has 0 amide bonds. The fourth-order valence-corrected chi connectivity index (χ4v) is 5.45. The molecule has 0 N–H and O–H groups in total. The molecule has 5 heteroatoms. The molecule has 1 aromatic heterocycles. The second-order valence-corrected chi connectivity index (χ2v) is 8.08. The Morgan fingerprint density at radius 1 is 1.08 bits per heavy atom. The lowest BCUT2D eigenvalue weighted by Gasteiger charge is -2.56. The summed E-state index contributed by atoms with van der Waals surface area (Å²) in [6.45, 7) is 8.39. The predicted octanol–water partition coefficient (Wildman–Crippen LogP) is 2.77. The van der Waals surface area contributed by atoms with Crippen molar-refractivity contribution in [1.29, 1.82) is 0 Å². The third-order valence-corrected chi connectivity index (χ3v) is 6.81. The number of aromatic nitrogens is 2. The highest BCUT2D eigenvalue weighted by molar-refractivity contribution is 5.74. The van der Waals surface area contributed by atoms with Gasteiger partial charge in [-0.3, -0.25) is 9.80 Å². The smallest absolute Gasteiger partial charge is 0.0890 e. The van der Waals surface area contributed by atoms with Crippen LogP contribution in [0, 0.1) is 6.92 Å². The minimum atomic E-state index is 0.257. The lowest BCUT2D eigenvalue weighted by molar-refractivity contribution is -0.101. The van der Waals surface area contributed by atoms with Gasteiger partial charge in [-0.05, 0) is 51.3 Å². The summed E-state index contributed by atoms with van der Waals surface area (Å²) < 4.78 is 5.75. The minimum Gasteiger partial charge on any atom is -0.381 e. The van der Waals surface area contributed by atoms with Crippen molar-refractivity contribution in [2.45, 2.75) is 50.7 Å². The van der Waals surface area contributed by atoms with Crippen molar-refractivity contribution in [3.05, 3.63) is 35.7 Å². The number of benzene rings is 1. The molecule has 3 saturated heterocycles. The van der Waals surface area contributed by atoms with E-state index in [9.17, 15) is 0 Å². The standard InChI is InChI=1S/C21H28N4O/c1-16-19(23-18-6-3-2-5-17(18)22-16)15-25-12-11-24-10-4-7-20(24)21(25)8-13-26-14-9-21/h2-3,5-6,20H,4,7-15H2,1H3. The quantitative estimate of drug-likeness (QED) is 0.831. The molecular weight excluding hydrogens is 324 g/mol. The van der Waals surface area contributed by atoms with Gasteiger partial charge in [-0.1, -0.05) is 12.1 Å². The van der Waals surface area contributed by atoms with E-state index in [0.29, 0.717) is 6.04 Å². The molecule has 0 saturated carbocycles. The third-order valence-electron chi connectivity index (χ3n) is 6.81. The second kappa shape index (κ2) is 6.55. The number of rotatable bonds is 2. The van der Waals surface area contributed by atoms with E-state index < -0.39 is 0 Å². The van der Waals surface area contributed by atoms with Gasteiger partial charge in [-0.25, -0.2) is 9.97 Å². The third kappa shape index (κ3) is 2.65. The minimum absolute atomic E-state index is 0.257. The first-order valence-electron chi connectivity index (χ1n) is 10.1. The lowest BCUT2D eigenvalue weighted by atomic mass is 9.77. The molecule has 3 aliphatic heterocycles. The first kappa shape index (κ1) is 16.6. The molecule has 1 spiro atoms. The highest BCUT2D eigenvalue weighted by Crippen LogP contribution is 2.42. The molecule has 1 unspecified atom stereocenters. The number of piperazine rings is 1. The van der Waals surface area contributed by atoms with Gasteiger partial charge in [0, 0.05) is 44.4 Å². The van der Waals surface area contributed by atoms with Gasteiger partial charge in [0.25, 0.3) is 0 Å². The van der Waals surface area contributed by atoms with Crippen LogP contribution in [0.4, 0.5) is 0 Å². The number of ether oxygens (including phenoxy) is 1. The predicted molar refractivity (Wildman–Crippen MR) is 102 cm³/mol. The van der Waals surface area contributed by atoms with E-state index in [1.807, 2.05) is 12.1 Å². The van der Waals surface area contributed by atoms with Gasteiger partial charge < -0.3 is 4.74 Å². The zero-order valence-electron chi connectivity index (χ0n) is 15.7. The average Bonchev–Trinajstić information content (AvgIpc) is 3.15. The van der Waals surface area contributed by atoms with Crippen LogP contribution in [0.25, 0.3) is 11.0 Å². The summed E-state index contributed by atoms with van der Waals surface area (Å²) in [4.78, 5) is 15.3. The number of para-hydroxylation sites is 2. The molecule has 3 aliphatic rings. The molecule has 1 atom stereocenters. The monoisotopic (exact) mass is 352 g/mol. The van der Waals surface area contributed by atoms with Gasteiger partial charge in [0.2, 0.25) is 0 Å². The van der Waals surface area contributed by atoms with E-state index in [-0.39, 0.29) is 5.54 Å². The summed E-state index contributed by atoms with van der Waals surface area (Å²) in [5, 5.41) is 0. The maximum atomic E-state index is 5.75. The van der Waals surface area contributed by atoms with Gasteiger partial charge in [-0.2, -0.15) is 0 Å². The summed E-state index contributed by atoms with van der Waals surface area (Å²) in [6, 6.07) is 8.90. The van der Waals surface area contributed by atoms with Crippen LogP contribution >= 0.6 is 0 Å². The number of fused-ring (bicyclic) bond motifs is 3. The van der Waals surface area contributed by atoms with Crippen LogP contribution in [0.5, 0.6) is 0 Å². The van der Waals surface area contributed by atoms with Gasteiger partial charge in [0.15, 0.2) is 0 Å². The molecule has 5 rings (SSSR count). The van der Waals surface area contributed by atoms with Crippen LogP contribution in [-0.4, -0.2) is 64.2 Å². The second-order valence-electron chi connectivity index (χ2n) is 8.08. The molecule has 3 fully saturated rings. The van der Waals surface area contributed by atoms with Crippen molar-refractivity contribution in [3.63, 3.8) is 0 Å². The maximum Gasteiger partial charge on any atom is 0.0890 e. The van der Waals surface area contributed by atoms with Gasteiger partial charge >= 0.3 is 0 Å². The zero-order valence-corrected chi connectivity index (χ0v) is 15.7. The topological polar surface area (TPSA) is 41.5 Å². The molecule has 0 radical (unpaired) electrons. The SMILES string of the molecule is Cc1nc2ccccc2nc1CN1CCN2CCCC2C12CCOCC2. The molecule has 138 valence electrons. The van der Waals surface area contributed by atoms with Crippen LogP contribution in [0.15, 0.2) is 24.3 Å². The van der Waals surface area contributed by atoms with Gasteiger partial charge in [-0.15, -0.1) is 0 Å². The molecule has 1 aromatic carbocycles. The van der Waals surface area contributed by atoms with Crippen molar-refractivity contribution >= 4 is 11.0 Å². The van der Waals surface area contributed by atoms with Crippen molar-refractivity contribution in [1.82, 2.24) is 19.8 Å². The Kier molecular flexibility index (Phi) is 4.18. The highest BCUT2D eigenvalue weighted by Gasteiger charge is 2.51. The average molecular weight is 352 g/mol. The van der Waals surface area contributed by atoms with Crippen LogP contribution in [0.1, 0.15) is 37.1 Å². The molecule has 5 nitrogen and oxygen atoms in total. The lowest BCUT2D eigenvalue weighted by Crippen LogP contribution is -2.67. The Hall–Kier alpha value is -1.56. The summed E-state index contributed by atoms with van der Waals surface area (Å²) in [6.07, 6.45) is 4.97. The molecule has 2 aromatic rings. The van der Waals surface area contributed by atoms with Crippen LogP contribution < -0.4 is 0 Å². The van der Waals surface area contributed by atoms with E-state index >= 15 is 0 Å². The van der Waals surface area contributed by atoms with Crippen LogP contribution in [-0.2, 0) is 11.3 Å². The summed E-state index contributed by atoms with van der Waals surface area (Å²) in [5.41, 5.74) is 4.47. The molecular formula is C21H28N4O. The molecule has 26 heavy (non-hydrogen) atoms.